The van der Waals surface area contributed by atoms with Gasteiger partial charge in [-0.05, 0) is 70.7 Å². The van der Waals surface area contributed by atoms with Gasteiger partial charge in [-0.25, -0.2) is 4.98 Å². The quantitative estimate of drug-likeness (QED) is 0.506. The van der Waals surface area contributed by atoms with Crippen LogP contribution in [-0.4, -0.2) is 34.0 Å². The van der Waals surface area contributed by atoms with Gasteiger partial charge in [0.15, 0.2) is 0 Å². The standard InChI is InChI=1S/C20H21BrN4O2S/c1-12-8-16(21)17(9-13(12)2)22-19(26)11-28-20-23-18(24-25-20)10-14-4-6-15(27-3)7-5-14/h4-9H,10-11H2,1-3H3,(H,22,26)(H,23,24,25). The second-order valence-corrected chi connectivity index (χ2v) is 8.14. The molecule has 0 aliphatic rings. The number of nitrogens with zero attached hydrogens (tertiary/aromatic N) is 2. The summed E-state index contributed by atoms with van der Waals surface area (Å²) in [7, 11) is 1.64. The number of H-pyrrole nitrogens is 1. The van der Waals surface area contributed by atoms with Gasteiger partial charge in [0, 0.05) is 10.9 Å². The van der Waals surface area contributed by atoms with E-state index in [0.29, 0.717) is 11.6 Å². The van der Waals surface area contributed by atoms with Gasteiger partial charge in [0.25, 0.3) is 0 Å². The number of hydrogen-bond donors (Lipinski definition) is 2. The SMILES string of the molecule is COc1ccc(Cc2nc(SCC(=O)Nc3cc(C)c(C)cc3Br)n[nH]2)cc1. The summed E-state index contributed by atoms with van der Waals surface area (Å²) >= 11 is 4.79. The average molecular weight is 461 g/mol. The van der Waals surface area contributed by atoms with E-state index in [0.717, 1.165) is 32.9 Å². The molecule has 0 unspecified atom stereocenters. The van der Waals surface area contributed by atoms with Crippen LogP contribution in [0.15, 0.2) is 46.0 Å². The lowest BCUT2D eigenvalue weighted by molar-refractivity contribution is -0.113. The summed E-state index contributed by atoms with van der Waals surface area (Å²) < 4.78 is 6.03. The van der Waals surface area contributed by atoms with Crippen molar-refractivity contribution in [2.24, 2.45) is 0 Å². The van der Waals surface area contributed by atoms with Gasteiger partial charge < -0.3 is 10.1 Å². The van der Waals surface area contributed by atoms with Gasteiger partial charge in [0.2, 0.25) is 11.1 Å². The maximum atomic E-state index is 12.3. The van der Waals surface area contributed by atoms with Crippen molar-refractivity contribution < 1.29 is 9.53 Å². The van der Waals surface area contributed by atoms with Crippen molar-refractivity contribution >= 4 is 39.3 Å². The fourth-order valence-corrected chi connectivity index (χ4v) is 3.73. The van der Waals surface area contributed by atoms with E-state index in [1.807, 2.05) is 50.2 Å². The predicted octanol–water partition coefficient (Wildman–Crippen LogP) is 4.51. The fourth-order valence-electron chi connectivity index (χ4n) is 2.55. The maximum Gasteiger partial charge on any atom is 0.234 e. The molecule has 1 amide bonds. The Labute approximate surface area is 176 Å². The van der Waals surface area contributed by atoms with Crippen molar-refractivity contribution in [1.29, 1.82) is 0 Å². The van der Waals surface area contributed by atoms with Crippen LogP contribution in [0.5, 0.6) is 5.75 Å². The molecule has 0 spiro atoms. The van der Waals surface area contributed by atoms with Crippen LogP contribution in [0.3, 0.4) is 0 Å². The molecule has 3 rings (SSSR count). The first-order valence-electron chi connectivity index (χ1n) is 8.68. The molecule has 1 heterocycles. The van der Waals surface area contributed by atoms with Gasteiger partial charge in [-0.3, -0.25) is 9.89 Å². The molecule has 0 atom stereocenters. The number of aromatic amines is 1. The Morgan fingerprint density at radius 3 is 2.64 bits per heavy atom. The number of aromatic nitrogens is 3. The van der Waals surface area contributed by atoms with Gasteiger partial charge >= 0.3 is 0 Å². The number of carbonyl (C=O) groups is 1. The van der Waals surface area contributed by atoms with Crippen molar-refractivity contribution in [2.45, 2.75) is 25.4 Å². The summed E-state index contributed by atoms with van der Waals surface area (Å²) in [6, 6.07) is 11.8. The summed E-state index contributed by atoms with van der Waals surface area (Å²) in [6.07, 6.45) is 0.638. The van der Waals surface area contributed by atoms with Crippen LogP contribution in [0.2, 0.25) is 0 Å². The van der Waals surface area contributed by atoms with Gasteiger partial charge in [-0.1, -0.05) is 23.9 Å². The lowest BCUT2D eigenvalue weighted by Crippen LogP contribution is -2.14. The van der Waals surface area contributed by atoms with Gasteiger partial charge in [-0.2, -0.15) is 0 Å². The number of ether oxygens (including phenoxy) is 1. The third-order valence-electron chi connectivity index (χ3n) is 4.23. The van der Waals surface area contributed by atoms with E-state index in [9.17, 15) is 4.79 Å². The molecule has 2 aromatic carbocycles. The molecule has 3 aromatic rings. The summed E-state index contributed by atoms with van der Waals surface area (Å²) in [4.78, 5) is 16.7. The molecule has 1 aromatic heterocycles. The number of amides is 1. The zero-order chi connectivity index (χ0) is 20.1. The summed E-state index contributed by atoms with van der Waals surface area (Å²) in [6.45, 7) is 4.05. The van der Waals surface area contributed by atoms with Crippen molar-refractivity contribution in [3.8, 4) is 5.75 Å². The fraction of sp³-hybridized carbons (Fsp3) is 0.250. The van der Waals surface area contributed by atoms with Crippen LogP contribution in [0, 0.1) is 13.8 Å². The topological polar surface area (TPSA) is 79.9 Å². The highest BCUT2D eigenvalue weighted by Gasteiger charge is 2.11. The van der Waals surface area contributed by atoms with Crippen LogP contribution in [-0.2, 0) is 11.2 Å². The first-order chi connectivity index (χ1) is 13.4. The first kappa shape index (κ1) is 20.4. The zero-order valence-electron chi connectivity index (χ0n) is 15.9. The van der Waals surface area contributed by atoms with Gasteiger partial charge in [0.1, 0.15) is 11.6 Å². The van der Waals surface area contributed by atoms with Crippen molar-refractivity contribution in [3.63, 3.8) is 0 Å². The molecule has 146 valence electrons. The monoisotopic (exact) mass is 460 g/mol. The number of thioether (sulfide) groups is 1. The molecule has 0 radical (unpaired) electrons. The van der Waals surface area contributed by atoms with Crippen LogP contribution >= 0.6 is 27.7 Å². The first-order valence-corrected chi connectivity index (χ1v) is 10.5. The number of rotatable bonds is 7. The molecule has 0 aliphatic carbocycles. The molecule has 0 fully saturated rings. The summed E-state index contributed by atoms with van der Waals surface area (Å²) in [5.74, 6) is 1.71. The number of hydrogen-bond acceptors (Lipinski definition) is 5. The lowest BCUT2D eigenvalue weighted by Gasteiger charge is -2.09. The van der Waals surface area contributed by atoms with Gasteiger partial charge in [0.05, 0.1) is 18.6 Å². The Morgan fingerprint density at radius 2 is 1.93 bits per heavy atom. The number of methoxy groups -OCH3 is 1. The highest BCUT2D eigenvalue weighted by molar-refractivity contribution is 9.10. The molecular formula is C20H21BrN4O2S. The average Bonchev–Trinajstić information content (AvgIpc) is 3.12. The second kappa shape index (κ2) is 9.25. The Kier molecular flexibility index (Phi) is 6.74. The van der Waals surface area contributed by atoms with Crippen LogP contribution < -0.4 is 10.1 Å². The smallest absolute Gasteiger partial charge is 0.234 e. The number of aryl methyl sites for hydroxylation is 2. The minimum absolute atomic E-state index is 0.101. The molecule has 0 aliphatic heterocycles. The molecule has 8 heteroatoms. The molecular weight excluding hydrogens is 440 g/mol. The zero-order valence-corrected chi connectivity index (χ0v) is 18.3. The normalized spacial score (nSPS) is 10.7. The van der Waals surface area contributed by atoms with Crippen molar-refractivity contribution in [3.05, 3.63) is 63.4 Å². The summed E-state index contributed by atoms with van der Waals surface area (Å²) in [5, 5.41) is 10.6. The van der Waals surface area contributed by atoms with Crippen molar-refractivity contribution in [1.82, 2.24) is 15.2 Å². The Balaban J connectivity index is 1.53. The molecule has 6 nitrogen and oxygen atoms in total. The third-order valence-corrected chi connectivity index (χ3v) is 5.74. The largest absolute Gasteiger partial charge is 0.497 e. The van der Waals surface area contributed by atoms with E-state index in [4.69, 9.17) is 4.74 Å². The third kappa shape index (κ3) is 5.36. The summed E-state index contributed by atoms with van der Waals surface area (Å²) in [5.41, 5.74) is 4.17. The Morgan fingerprint density at radius 1 is 1.21 bits per heavy atom. The maximum absolute atomic E-state index is 12.3. The lowest BCUT2D eigenvalue weighted by atomic mass is 10.1. The molecule has 2 N–H and O–H groups in total. The molecule has 0 bridgehead atoms. The number of nitrogens with one attached hydrogen (secondary N) is 2. The van der Waals surface area contributed by atoms with E-state index in [1.165, 1.54) is 17.3 Å². The van der Waals surface area contributed by atoms with Crippen molar-refractivity contribution in [2.75, 3.05) is 18.2 Å². The number of benzene rings is 2. The highest BCUT2D eigenvalue weighted by Crippen LogP contribution is 2.26. The van der Waals surface area contributed by atoms with E-state index >= 15 is 0 Å². The molecule has 28 heavy (non-hydrogen) atoms. The number of anilines is 1. The van der Waals surface area contributed by atoms with E-state index < -0.39 is 0 Å². The highest BCUT2D eigenvalue weighted by atomic mass is 79.9. The Bertz CT molecular complexity index is 973. The predicted molar refractivity (Wildman–Crippen MR) is 115 cm³/mol. The van der Waals surface area contributed by atoms with E-state index in [2.05, 4.69) is 36.4 Å². The van der Waals surface area contributed by atoms with Crippen LogP contribution in [0.25, 0.3) is 0 Å². The number of halogens is 1. The van der Waals surface area contributed by atoms with Crippen LogP contribution in [0.1, 0.15) is 22.5 Å². The second-order valence-electron chi connectivity index (χ2n) is 6.34. The van der Waals surface area contributed by atoms with Crippen LogP contribution in [0.4, 0.5) is 5.69 Å². The number of carbonyl (C=O) groups excluding carboxylic acids is 1. The van der Waals surface area contributed by atoms with Gasteiger partial charge in [-0.15, -0.1) is 5.10 Å². The minimum atomic E-state index is -0.101. The molecule has 0 saturated heterocycles. The van der Waals surface area contributed by atoms with E-state index in [-0.39, 0.29) is 11.7 Å². The molecule has 0 saturated carbocycles. The Hall–Kier alpha value is -2.32. The minimum Gasteiger partial charge on any atom is -0.497 e. The van der Waals surface area contributed by atoms with E-state index in [1.54, 1.807) is 7.11 Å².